The van der Waals surface area contributed by atoms with Crippen LogP contribution in [0.4, 0.5) is 19.1 Å². The van der Waals surface area contributed by atoms with Crippen molar-refractivity contribution < 1.29 is 22.5 Å². The lowest BCUT2D eigenvalue weighted by molar-refractivity contribution is -0.137. The Balaban J connectivity index is 1.59. The highest BCUT2D eigenvalue weighted by molar-refractivity contribution is 5.95. The maximum Gasteiger partial charge on any atom is 0.416 e. The summed E-state index contributed by atoms with van der Waals surface area (Å²) >= 11 is 0. The van der Waals surface area contributed by atoms with E-state index in [2.05, 4.69) is 20.6 Å². The molecule has 0 saturated heterocycles. The highest BCUT2D eigenvalue weighted by atomic mass is 19.4. The van der Waals surface area contributed by atoms with E-state index < -0.39 is 11.7 Å². The number of hydrogen-bond acceptors (Lipinski definition) is 5. The normalized spacial score (nSPS) is 16.6. The Morgan fingerprint density at radius 3 is 2.96 bits per heavy atom. The Kier molecular flexibility index (Phi) is 4.40. The minimum Gasteiger partial charge on any atom is -0.337 e. The topological polar surface area (TPSA) is 85.8 Å². The zero-order chi connectivity index (χ0) is 19.9. The van der Waals surface area contributed by atoms with Gasteiger partial charge in [-0.1, -0.05) is 17.3 Å². The van der Waals surface area contributed by atoms with Gasteiger partial charge in [-0.05, 0) is 31.0 Å². The molecule has 0 radical (unpaired) electrons. The van der Waals surface area contributed by atoms with Crippen molar-refractivity contribution in [1.82, 2.24) is 19.9 Å². The predicted molar refractivity (Wildman–Crippen MR) is 92.1 cm³/mol. The summed E-state index contributed by atoms with van der Waals surface area (Å²) in [5.41, 5.74) is 0.207. The third-order valence-corrected chi connectivity index (χ3v) is 4.76. The first kappa shape index (κ1) is 18.2. The van der Waals surface area contributed by atoms with Gasteiger partial charge in [-0.25, -0.2) is 4.98 Å². The minimum atomic E-state index is -4.47. The van der Waals surface area contributed by atoms with E-state index in [1.807, 2.05) is 0 Å². The van der Waals surface area contributed by atoms with Crippen LogP contribution in [0.25, 0.3) is 11.1 Å². The second kappa shape index (κ2) is 6.77. The molecule has 0 fully saturated rings. The van der Waals surface area contributed by atoms with Crippen molar-refractivity contribution in [1.29, 1.82) is 0 Å². The van der Waals surface area contributed by atoms with Crippen molar-refractivity contribution in [3.8, 4) is 11.1 Å². The van der Waals surface area contributed by atoms with Crippen molar-refractivity contribution in [2.24, 2.45) is 5.92 Å². The van der Waals surface area contributed by atoms with Crippen LogP contribution in [-0.2, 0) is 23.9 Å². The third kappa shape index (κ3) is 3.37. The molecule has 1 aliphatic rings. The Hall–Kier alpha value is -3.17. The number of halogens is 3. The minimum absolute atomic E-state index is 0.0360. The summed E-state index contributed by atoms with van der Waals surface area (Å²) in [6.07, 6.45) is -2.02. The molecule has 3 aromatic rings. The van der Waals surface area contributed by atoms with Crippen LogP contribution in [0.2, 0.25) is 0 Å². The van der Waals surface area contributed by atoms with Crippen LogP contribution in [0.5, 0.6) is 0 Å². The Morgan fingerprint density at radius 2 is 2.18 bits per heavy atom. The van der Waals surface area contributed by atoms with Crippen LogP contribution in [-0.4, -0.2) is 25.8 Å². The number of benzene rings is 1. The smallest absolute Gasteiger partial charge is 0.337 e. The Labute approximate surface area is 157 Å². The number of aromatic nitrogens is 4. The van der Waals surface area contributed by atoms with E-state index >= 15 is 0 Å². The van der Waals surface area contributed by atoms with E-state index in [9.17, 15) is 18.0 Å². The number of rotatable bonds is 3. The number of carbonyl (C=O) groups is 1. The highest BCUT2D eigenvalue weighted by Crippen LogP contribution is 2.36. The molecule has 1 aromatic carbocycles. The third-order valence-electron chi connectivity index (χ3n) is 4.76. The number of fused-ring (bicyclic) bond motifs is 1. The summed E-state index contributed by atoms with van der Waals surface area (Å²) < 4.78 is 46.1. The number of nitrogens with one attached hydrogen (secondary N) is 1. The molecular weight excluding hydrogens is 375 g/mol. The van der Waals surface area contributed by atoms with Gasteiger partial charge in [0.1, 0.15) is 12.2 Å². The summed E-state index contributed by atoms with van der Waals surface area (Å²) in [7, 11) is 0. The van der Waals surface area contributed by atoms with E-state index in [0.717, 1.165) is 18.0 Å². The molecule has 7 nitrogen and oxygen atoms in total. The molecule has 0 bridgehead atoms. The molecule has 0 saturated carbocycles. The summed E-state index contributed by atoms with van der Waals surface area (Å²) in [5, 5.41) is 10.6. The molecule has 10 heteroatoms. The second-order valence-corrected chi connectivity index (χ2v) is 6.63. The average molecular weight is 391 g/mol. The number of aryl methyl sites for hydroxylation is 2. The summed E-state index contributed by atoms with van der Waals surface area (Å²) in [5.74, 6) is 0.127. The first-order valence-electron chi connectivity index (χ1n) is 8.64. The standard InChI is InChI=1S/C18H16F3N5O2/c1-10-15(11-3-2-4-13(7-11)18(19,20)21)17(28-25-10)24-16(27)12-5-6-26-14(8-12)22-9-23-26/h2-4,7,9,12H,5-6,8H2,1H3,(H,24,27). The molecule has 1 aliphatic heterocycles. The fraction of sp³-hybridized carbons (Fsp3) is 0.333. The fourth-order valence-corrected chi connectivity index (χ4v) is 3.32. The lowest BCUT2D eigenvalue weighted by Crippen LogP contribution is -2.30. The number of amides is 1. The molecule has 3 heterocycles. The average Bonchev–Trinajstić information content (AvgIpc) is 3.27. The first-order chi connectivity index (χ1) is 13.3. The quantitative estimate of drug-likeness (QED) is 0.739. The van der Waals surface area contributed by atoms with Gasteiger partial charge in [-0.2, -0.15) is 18.3 Å². The molecule has 0 aliphatic carbocycles. The van der Waals surface area contributed by atoms with E-state index in [4.69, 9.17) is 4.52 Å². The van der Waals surface area contributed by atoms with Gasteiger partial charge in [0.05, 0.1) is 16.8 Å². The van der Waals surface area contributed by atoms with Gasteiger partial charge in [-0.3, -0.25) is 14.8 Å². The van der Waals surface area contributed by atoms with Crippen LogP contribution in [0, 0.1) is 12.8 Å². The van der Waals surface area contributed by atoms with Gasteiger partial charge in [0.25, 0.3) is 0 Å². The maximum absolute atomic E-state index is 13.0. The molecule has 146 valence electrons. The molecule has 1 unspecified atom stereocenters. The van der Waals surface area contributed by atoms with Crippen molar-refractivity contribution in [3.63, 3.8) is 0 Å². The van der Waals surface area contributed by atoms with E-state index in [0.29, 0.717) is 30.6 Å². The number of anilines is 1. The van der Waals surface area contributed by atoms with E-state index in [1.54, 1.807) is 11.6 Å². The number of carbonyl (C=O) groups excluding carboxylic acids is 1. The molecule has 28 heavy (non-hydrogen) atoms. The molecule has 2 aromatic heterocycles. The van der Waals surface area contributed by atoms with Crippen molar-refractivity contribution in [3.05, 3.63) is 47.7 Å². The van der Waals surface area contributed by atoms with Crippen LogP contribution in [0.1, 0.15) is 23.5 Å². The molecular formula is C18H16F3N5O2. The van der Waals surface area contributed by atoms with Gasteiger partial charge in [0, 0.05) is 18.9 Å². The zero-order valence-corrected chi connectivity index (χ0v) is 14.8. The fourth-order valence-electron chi connectivity index (χ4n) is 3.32. The molecule has 1 atom stereocenters. The number of nitrogens with zero attached hydrogens (tertiary/aromatic N) is 4. The number of hydrogen-bond donors (Lipinski definition) is 1. The van der Waals surface area contributed by atoms with Crippen LogP contribution in [0.15, 0.2) is 35.1 Å². The van der Waals surface area contributed by atoms with Gasteiger partial charge in [-0.15, -0.1) is 0 Å². The molecule has 1 N–H and O–H groups in total. The second-order valence-electron chi connectivity index (χ2n) is 6.63. The lowest BCUT2D eigenvalue weighted by Gasteiger charge is -2.21. The van der Waals surface area contributed by atoms with Gasteiger partial charge >= 0.3 is 6.18 Å². The molecule has 4 rings (SSSR count). The van der Waals surface area contributed by atoms with Crippen molar-refractivity contribution in [2.75, 3.05) is 5.32 Å². The van der Waals surface area contributed by atoms with Gasteiger partial charge < -0.3 is 4.52 Å². The lowest BCUT2D eigenvalue weighted by atomic mass is 9.97. The predicted octanol–water partition coefficient (Wildman–Crippen LogP) is 3.46. The van der Waals surface area contributed by atoms with Gasteiger partial charge in [0.2, 0.25) is 11.8 Å². The first-order valence-corrected chi connectivity index (χ1v) is 8.64. The Morgan fingerprint density at radius 1 is 1.36 bits per heavy atom. The summed E-state index contributed by atoms with van der Waals surface area (Å²) in [4.78, 5) is 16.8. The highest BCUT2D eigenvalue weighted by Gasteiger charge is 2.32. The van der Waals surface area contributed by atoms with Crippen LogP contribution in [0.3, 0.4) is 0 Å². The van der Waals surface area contributed by atoms with Gasteiger partial charge in [0.15, 0.2) is 0 Å². The van der Waals surface area contributed by atoms with E-state index in [-0.39, 0.29) is 23.3 Å². The van der Waals surface area contributed by atoms with E-state index in [1.165, 1.54) is 18.5 Å². The summed E-state index contributed by atoms with van der Waals surface area (Å²) in [6, 6.07) is 4.83. The SMILES string of the molecule is Cc1noc(NC(=O)C2CCn3ncnc3C2)c1-c1cccc(C(F)(F)F)c1. The van der Waals surface area contributed by atoms with Crippen LogP contribution < -0.4 is 5.32 Å². The van der Waals surface area contributed by atoms with Crippen molar-refractivity contribution >= 4 is 11.8 Å². The number of alkyl halides is 3. The Bertz CT molecular complexity index is 1020. The maximum atomic E-state index is 13.0. The zero-order valence-electron chi connectivity index (χ0n) is 14.8. The summed E-state index contributed by atoms with van der Waals surface area (Å²) in [6.45, 7) is 2.18. The molecule has 0 spiro atoms. The van der Waals surface area contributed by atoms with Crippen molar-refractivity contribution in [2.45, 2.75) is 32.5 Å². The largest absolute Gasteiger partial charge is 0.416 e. The molecule has 1 amide bonds. The monoisotopic (exact) mass is 391 g/mol. The van der Waals surface area contributed by atoms with Crippen LogP contribution >= 0.6 is 0 Å².